The van der Waals surface area contributed by atoms with Crippen LogP contribution in [-0.4, -0.2) is 58.6 Å². The molecule has 1 saturated heterocycles. The van der Waals surface area contributed by atoms with Gasteiger partial charge in [-0.15, -0.1) is 0 Å². The van der Waals surface area contributed by atoms with Crippen LogP contribution in [0, 0.1) is 0 Å². The average Bonchev–Trinajstić information content (AvgIpc) is 2.88. The number of aromatic nitrogens is 4. The number of fused-ring (bicyclic) bond motifs is 1. The molecule has 1 atom stereocenters. The second-order valence-electron chi connectivity index (χ2n) is 4.51. The van der Waals surface area contributed by atoms with Gasteiger partial charge in [-0.25, -0.2) is 14.8 Å². The van der Waals surface area contributed by atoms with Crippen LogP contribution >= 0.6 is 0 Å². The highest BCUT2D eigenvalue weighted by atomic mass is 16.5. The van der Waals surface area contributed by atoms with Gasteiger partial charge in [-0.3, -0.25) is 4.68 Å². The van der Waals surface area contributed by atoms with E-state index >= 15 is 0 Å². The van der Waals surface area contributed by atoms with Crippen molar-refractivity contribution in [3.05, 3.63) is 12.5 Å². The number of esters is 1. The molecule has 0 N–H and O–H groups in total. The Hall–Kier alpha value is -2.22. The molecule has 1 unspecified atom stereocenters. The molecule has 0 spiro atoms. The summed E-state index contributed by atoms with van der Waals surface area (Å²) in [7, 11) is 3.19. The molecule has 3 rings (SSSR count). The van der Waals surface area contributed by atoms with Crippen LogP contribution < -0.4 is 4.90 Å². The monoisotopic (exact) mass is 277 g/mol. The zero-order valence-electron chi connectivity index (χ0n) is 11.3. The average molecular weight is 277 g/mol. The van der Waals surface area contributed by atoms with Gasteiger partial charge in [0.25, 0.3) is 0 Å². The maximum Gasteiger partial charge on any atom is 0.330 e. The number of carbonyl (C=O) groups excluding carboxylic acids is 1. The van der Waals surface area contributed by atoms with Crippen molar-refractivity contribution in [3.63, 3.8) is 0 Å². The number of hydrogen-bond acceptors (Lipinski definition) is 7. The predicted octanol–water partition coefficient (Wildman–Crippen LogP) is -0.259. The van der Waals surface area contributed by atoms with Crippen molar-refractivity contribution in [3.8, 4) is 0 Å². The van der Waals surface area contributed by atoms with Gasteiger partial charge in [-0.2, -0.15) is 5.10 Å². The molecule has 0 aromatic carbocycles. The van der Waals surface area contributed by atoms with Gasteiger partial charge in [0.15, 0.2) is 11.7 Å². The normalized spacial score (nSPS) is 19.3. The van der Waals surface area contributed by atoms with Gasteiger partial charge < -0.3 is 14.4 Å². The number of aryl methyl sites for hydroxylation is 1. The maximum absolute atomic E-state index is 11.9. The number of anilines is 1. The molecule has 0 saturated carbocycles. The molecule has 1 aliphatic heterocycles. The van der Waals surface area contributed by atoms with Crippen LogP contribution in [0.4, 0.5) is 5.82 Å². The molecule has 0 bridgehead atoms. The Bertz CT molecular complexity index is 641. The molecule has 20 heavy (non-hydrogen) atoms. The number of hydrogen-bond donors (Lipinski definition) is 0. The highest BCUT2D eigenvalue weighted by Gasteiger charge is 2.32. The quantitative estimate of drug-likeness (QED) is 0.699. The minimum absolute atomic E-state index is 0.290. The Kier molecular flexibility index (Phi) is 3.23. The number of rotatable bonds is 2. The fourth-order valence-electron chi connectivity index (χ4n) is 2.37. The van der Waals surface area contributed by atoms with E-state index in [0.29, 0.717) is 25.6 Å². The molecule has 106 valence electrons. The fraction of sp³-hybridized carbons (Fsp3) is 0.500. The van der Waals surface area contributed by atoms with Crippen LogP contribution in [0.25, 0.3) is 11.0 Å². The van der Waals surface area contributed by atoms with Crippen molar-refractivity contribution in [2.75, 3.05) is 31.8 Å². The van der Waals surface area contributed by atoms with Gasteiger partial charge in [0.05, 0.1) is 31.9 Å². The highest BCUT2D eigenvalue weighted by molar-refractivity contribution is 5.90. The number of nitrogens with zero attached hydrogens (tertiary/aromatic N) is 5. The van der Waals surface area contributed by atoms with E-state index < -0.39 is 6.04 Å². The maximum atomic E-state index is 11.9. The molecule has 2 aromatic rings. The van der Waals surface area contributed by atoms with Crippen molar-refractivity contribution >= 4 is 22.8 Å². The minimum atomic E-state index is -0.493. The summed E-state index contributed by atoms with van der Waals surface area (Å²) in [6, 6.07) is -0.493. The third kappa shape index (κ3) is 1.97. The second kappa shape index (κ2) is 5.04. The molecule has 8 heteroatoms. The third-order valence-electron chi connectivity index (χ3n) is 3.38. The first-order chi connectivity index (χ1) is 9.72. The highest BCUT2D eigenvalue weighted by Crippen LogP contribution is 2.25. The van der Waals surface area contributed by atoms with Crippen molar-refractivity contribution < 1.29 is 14.3 Å². The Balaban J connectivity index is 2.05. The smallest absolute Gasteiger partial charge is 0.330 e. The van der Waals surface area contributed by atoms with E-state index in [2.05, 4.69) is 15.1 Å². The molecule has 3 heterocycles. The number of morpholine rings is 1. The van der Waals surface area contributed by atoms with E-state index in [-0.39, 0.29) is 5.97 Å². The SMILES string of the molecule is COC(=O)C1COCCN1c1ncnc2c1cnn2C. The van der Waals surface area contributed by atoms with Crippen LogP contribution in [-0.2, 0) is 21.3 Å². The first kappa shape index (κ1) is 12.8. The predicted molar refractivity (Wildman–Crippen MR) is 70.3 cm³/mol. The Morgan fingerprint density at radius 3 is 3.15 bits per heavy atom. The van der Waals surface area contributed by atoms with E-state index in [1.54, 1.807) is 10.9 Å². The van der Waals surface area contributed by atoms with Crippen LogP contribution in [0.5, 0.6) is 0 Å². The third-order valence-corrected chi connectivity index (χ3v) is 3.38. The zero-order valence-corrected chi connectivity index (χ0v) is 11.3. The second-order valence-corrected chi connectivity index (χ2v) is 4.51. The van der Waals surface area contributed by atoms with Gasteiger partial charge >= 0.3 is 5.97 Å². The van der Waals surface area contributed by atoms with E-state index in [9.17, 15) is 4.79 Å². The van der Waals surface area contributed by atoms with Crippen LogP contribution in [0.1, 0.15) is 0 Å². The molecule has 1 fully saturated rings. The van der Waals surface area contributed by atoms with E-state index in [0.717, 1.165) is 11.0 Å². The Morgan fingerprint density at radius 1 is 1.50 bits per heavy atom. The summed E-state index contributed by atoms with van der Waals surface area (Å²) < 4.78 is 11.9. The first-order valence-corrected chi connectivity index (χ1v) is 6.27. The summed E-state index contributed by atoms with van der Waals surface area (Å²) >= 11 is 0. The van der Waals surface area contributed by atoms with Crippen molar-refractivity contribution in [2.24, 2.45) is 7.05 Å². The van der Waals surface area contributed by atoms with Crippen molar-refractivity contribution in [1.82, 2.24) is 19.7 Å². The molecule has 0 radical (unpaired) electrons. The lowest BCUT2D eigenvalue weighted by atomic mass is 10.2. The Morgan fingerprint density at radius 2 is 2.35 bits per heavy atom. The molecule has 0 aliphatic carbocycles. The van der Waals surface area contributed by atoms with Gasteiger partial charge in [-0.05, 0) is 0 Å². The lowest BCUT2D eigenvalue weighted by Crippen LogP contribution is -2.51. The van der Waals surface area contributed by atoms with Gasteiger partial charge in [0.2, 0.25) is 0 Å². The number of ether oxygens (including phenoxy) is 2. The van der Waals surface area contributed by atoms with Gasteiger partial charge in [0, 0.05) is 13.6 Å². The molecule has 2 aromatic heterocycles. The summed E-state index contributed by atoms with van der Waals surface area (Å²) in [5, 5.41) is 4.99. The molecule has 8 nitrogen and oxygen atoms in total. The van der Waals surface area contributed by atoms with Gasteiger partial charge in [0.1, 0.15) is 12.1 Å². The number of carbonyl (C=O) groups is 1. The molecular formula is C12H15N5O3. The van der Waals surface area contributed by atoms with E-state index in [1.807, 2.05) is 11.9 Å². The van der Waals surface area contributed by atoms with E-state index in [4.69, 9.17) is 9.47 Å². The molecular weight excluding hydrogens is 262 g/mol. The molecule has 1 aliphatic rings. The van der Waals surface area contributed by atoms with Crippen LogP contribution in [0.2, 0.25) is 0 Å². The molecule has 0 amide bonds. The van der Waals surface area contributed by atoms with E-state index in [1.165, 1.54) is 13.4 Å². The zero-order chi connectivity index (χ0) is 14.1. The summed E-state index contributed by atoms with van der Waals surface area (Å²) in [5.74, 6) is 0.349. The summed E-state index contributed by atoms with van der Waals surface area (Å²) in [5.41, 5.74) is 0.727. The van der Waals surface area contributed by atoms with Crippen LogP contribution in [0.3, 0.4) is 0 Å². The van der Waals surface area contributed by atoms with Crippen molar-refractivity contribution in [1.29, 1.82) is 0 Å². The minimum Gasteiger partial charge on any atom is -0.467 e. The summed E-state index contributed by atoms with van der Waals surface area (Å²) in [4.78, 5) is 22.3. The topological polar surface area (TPSA) is 82.4 Å². The van der Waals surface area contributed by atoms with Crippen LogP contribution in [0.15, 0.2) is 12.5 Å². The standard InChI is InChI=1S/C12H15N5O3/c1-16-10-8(5-15-16)11(14-7-13-10)17-3-4-20-6-9(17)12(18)19-2/h5,7,9H,3-4,6H2,1-2H3. The summed E-state index contributed by atoms with van der Waals surface area (Å²) in [6.07, 6.45) is 3.18. The lowest BCUT2D eigenvalue weighted by Gasteiger charge is -2.34. The fourth-order valence-corrected chi connectivity index (χ4v) is 2.37. The van der Waals surface area contributed by atoms with Gasteiger partial charge in [-0.1, -0.05) is 0 Å². The summed E-state index contributed by atoms with van der Waals surface area (Å²) in [6.45, 7) is 1.40. The lowest BCUT2D eigenvalue weighted by molar-refractivity contribution is -0.144. The number of methoxy groups -OCH3 is 1. The first-order valence-electron chi connectivity index (χ1n) is 6.27. The Labute approximate surface area is 115 Å². The largest absolute Gasteiger partial charge is 0.467 e. The van der Waals surface area contributed by atoms with Crippen molar-refractivity contribution in [2.45, 2.75) is 6.04 Å².